The molecule has 3 nitrogen and oxygen atoms in total. The summed E-state index contributed by atoms with van der Waals surface area (Å²) in [6.45, 7) is 2.77. The molecule has 3 heteroatoms. The number of hydrogen-bond acceptors (Lipinski definition) is 3. The fourth-order valence-electron chi connectivity index (χ4n) is 2.13. The van der Waals surface area contributed by atoms with Crippen molar-refractivity contribution in [2.75, 3.05) is 11.9 Å². The number of nitrogens with zero attached hydrogens (tertiary/aromatic N) is 1. The Morgan fingerprint density at radius 3 is 2.82 bits per heavy atom. The molecule has 1 fully saturated rings. The number of rotatable bonds is 3. The first kappa shape index (κ1) is 10.5. The third-order valence-corrected chi connectivity index (χ3v) is 3.54. The molecule has 1 heterocycles. The SMILES string of the molecule is Cc1cc2ccccc2nc1NC1(CN)CC1. The maximum atomic E-state index is 5.79. The number of hydrogen-bond donors (Lipinski definition) is 2. The number of para-hydroxylation sites is 1. The Kier molecular flexibility index (Phi) is 2.30. The van der Waals surface area contributed by atoms with Crippen molar-refractivity contribution in [3.8, 4) is 0 Å². The molecule has 1 aromatic heterocycles. The van der Waals surface area contributed by atoms with Gasteiger partial charge in [0.05, 0.1) is 11.1 Å². The number of benzene rings is 1. The number of aromatic nitrogens is 1. The second-order valence-electron chi connectivity index (χ2n) is 4.96. The van der Waals surface area contributed by atoms with Crippen LogP contribution in [0.2, 0.25) is 0 Å². The highest BCUT2D eigenvalue weighted by Gasteiger charge is 2.41. The van der Waals surface area contributed by atoms with Crippen LogP contribution in [-0.2, 0) is 0 Å². The fourth-order valence-corrected chi connectivity index (χ4v) is 2.13. The van der Waals surface area contributed by atoms with E-state index in [2.05, 4.69) is 29.4 Å². The van der Waals surface area contributed by atoms with Crippen molar-refractivity contribution in [3.63, 3.8) is 0 Å². The van der Waals surface area contributed by atoms with Gasteiger partial charge in [0.25, 0.3) is 0 Å². The predicted octanol–water partition coefficient (Wildman–Crippen LogP) is 2.45. The van der Waals surface area contributed by atoms with Gasteiger partial charge in [-0.2, -0.15) is 0 Å². The molecule has 0 bridgehead atoms. The predicted molar refractivity (Wildman–Crippen MR) is 71.1 cm³/mol. The lowest BCUT2D eigenvalue weighted by atomic mass is 10.1. The van der Waals surface area contributed by atoms with Crippen molar-refractivity contribution in [2.24, 2.45) is 5.73 Å². The molecule has 1 aromatic carbocycles. The fraction of sp³-hybridized carbons (Fsp3) is 0.357. The zero-order valence-corrected chi connectivity index (χ0v) is 10.0. The van der Waals surface area contributed by atoms with Crippen LogP contribution in [0.25, 0.3) is 10.9 Å². The van der Waals surface area contributed by atoms with Gasteiger partial charge in [0.2, 0.25) is 0 Å². The first-order valence-corrected chi connectivity index (χ1v) is 6.07. The highest BCUT2D eigenvalue weighted by Crippen LogP contribution is 2.38. The molecule has 0 radical (unpaired) electrons. The molecule has 0 saturated heterocycles. The second-order valence-corrected chi connectivity index (χ2v) is 4.96. The lowest BCUT2D eigenvalue weighted by Gasteiger charge is -2.17. The Morgan fingerprint density at radius 2 is 2.12 bits per heavy atom. The molecular weight excluding hydrogens is 210 g/mol. The molecule has 1 aliphatic rings. The first-order chi connectivity index (χ1) is 8.22. The first-order valence-electron chi connectivity index (χ1n) is 6.07. The highest BCUT2D eigenvalue weighted by atomic mass is 15.1. The van der Waals surface area contributed by atoms with Gasteiger partial charge in [-0.3, -0.25) is 0 Å². The van der Waals surface area contributed by atoms with E-state index in [-0.39, 0.29) is 5.54 Å². The molecule has 1 saturated carbocycles. The van der Waals surface area contributed by atoms with Crippen LogP contribution in [0.1, 0.15) is 18.4 Å². The van der Waals surface area contributed by atoms with Crippen molar-refractivity contribution in [1.29, 1.82) is 0 Å². The Bertz CT molecular complexity index is 558. The largest absolute Gasteiger partial charge is 0.363 e. The lowest BCUT2D eigenvalue weighted by molar-refractivity contribution is 0.736. The number of nitrogens with one attached hydrogen (secondary N) is 1. The number of anilines is 1. The minimum atomic E-state index is 0.111. The van der Waals surface area contributed by atoms with Gasteiger partial charge < -0.3 is 11.1 Å². The van der Waals surface area contributed by atoms with Gasteiger partial charge in [-0.05, 0) is 37.5 Å². The van der Waals surface area contributed by atoms with Crippen LogP contribution in [0.3, 0.4) is 0 Å². The summed E-state index contributed by atoms with van der Waals surface area (Å²) in [4.78, 5) is 4.68. The summed E-state index contributed by atoms with van der Waals surface area (Å²) in [5.74, 6) is 0.978. The summed E-state index contributed by atoms with van der Waals surface area (Å²) in [5.41, 5.74) is 8.12. The number of aryl methyl sites for hydroxylation is 1. The topological polar surface area (TPSA) is 50.9 Å². The van der Waals surface area contributed by atoms with Crippen molar-refractivity contribution in [3.05, 3.63) is 35.9 Å². The normalized spacial score (nSPS) is 17.1. The maximum Gasteiger partial charge on any atom is 0.130 e. The van der Waals surface area contributed by atoms with E-state index in [9.17, 15) is 0 Å². The molecule has 3 N–H and O–H groups in total. The Hall–Kier alpha value is -1.61. The van der Waals surface area contributed by atoms with Gasteiger partial charge in [0.1, 0.15) is 5.82 Å². The van der Waals surface area contributed by atoms with Crippen LogP contribution >= 0.6 is 0 Å². The second kappa shape index (κ2) is 3.70. The third kappa shape index (κ3) is 1.87. The Labute approximate surface area is 101 Å². The van der Waals surface area contributed by atoms with E-state index in [4.69, 9.17) is 5.73 Å². The molecule has 0 amide bonds. The quantitative estimate of drug-likeness (QED) is 0.846. The zero-order chi connectivity index (χ0) is 11.9. The molecule has 2 aromatic rings. The van der Waals surface area contributed by atoms with E-state index in [1.54, 1.807) is 0 Å². The molecule has 17 heavy (non-hydrogen) atoms. The monoisotopic (exact) mass is 227 g/mol. The summed E-state index contributed by atoms with van der Waals surface area (Å²) < 4.78 is 0. The Morgan fingerprint density at radius 1 is 1.35 bits per heavy atom. The highest BCUT2D eigenvalue weighted by molar-refractivity contribution is 5.81. The van der Waals surface area contributed by atoms with Crippen LogP contribution in [-0.4, -0.2) is 17.1 Å². The van der Waals surface area contributed by atoms with E-state index in [0.717, 1.165) is 24.2 Å². The van der Waals surface area contributed by atoms with Crippen LogP contribution < -0.4 is 11.1 Å². The van der Waals surface area contributed by atoms with Gasteiger partial charge in [-0.15, -0.1) is 0 Å². The van der Waals surface area contributed by atoms with Crippen LogP contribution in [0.15, 0.2) is 30.3 Å². The average Bonchev–Trinajstić information content (AvgIpc) is 3.11. The smallest absolute Gasteiger partial charge is 0.130 e. The summed E-state index contributed by atoms with van der Waals surface area (Å²) in [7, 11) is 0. The van der Waals surface area contributed by atoms with Crippen molar-refractivity contribution in [1.82, 2.24) is 4.98 Å². The Balaban J connectivity index is 2.01. The molecule has 0 atom stereocenters. The van der Waals surface area contributed by atoms with Crippen molar-refractivity contribution >= 4 is 16.7 Å². The van der Waals surface area contributed by atoms with E-state index in [1.807, 2.05) is 18.2 Å². The van der Waals surface area contributed by atoms with Crippen molar-refractivity contribution < 1.29 is 0 Å². The molecule has 0 unspecified atom stereocenters. The molecule has 3 rings (SSSR count). The van der Waals surface area contributed by atoms with Gasteiger partial charge in [-0.25, -0.2) is 4.98 Å². The van der Waals surface area contributed by atoms with Gasteiger partial charge in [0, 0.05) is 11.9 Å². The van der Waals surface area contributed by atoms with E-state index < -0.39 is 0 Å². The minimum absolute atomic E-state index is 0.111. The molecule has 88 valence electrons. The van der Waals surface area contributed by atoms with Gasteiger partial charge >= 0.3 is 0 Å². The van der Waals surface area contributed by atoms with Crippen LogP contribution in [0.5, 0.6) is 0 Å². The standard InChI is InChI=1S/C14H17N3/c1-10-8-11-4-2-3-5-12(11)16-13(10)17-14(9-15)6-7-14/h2-5,8H,6-7,9,15H2,1H3,(H,16,17). The van der Waals surface area contributed by atoms with E-state index >= 15 is 0 Å². The molecule has 1 aliphatic carbocycles. The number of fused-ring (bicyclic) bond motifs is 1. The molecule has 0 spiro atoms. The lowest BCUT2D eigenvalue weighted by Crippen LogP contribution is -2.31. The van der Waals surface area contributed by atoms with Crippen molar-refractivity contribution in [2.45, 2.75) is 25.3 Å². The van der Waals surface area contributed by atoms with Crippen LogP contribution in [0, 0.1) is 6.92 Å². The molecular formula is C14H17N3. The van der Waals surface area contributed by atoms with Gasteiger partial charge in [-0.1, -0.05) is 18.2 Å². The van der Waals surface area contributed by atoms with Gasteiger partial charge in [0.15, 0.2) is 0 Å². The summed E-state index contributed by atoms with van der Waals surface area (Å²) in [5, 5.41) is 4.69. The van der Waals surface area contributed by atoms with E-state index in [0.29, 0.717) is 6.54 Å². The number of pyridine rings is 1. The number of nitrogens with two attached hydrogens (primary N) is 1. The summed E-state index contributed by atoms with van der Waals surface area (Å²) in [6.07, 6.45) is 2.30. The minimum Gasteiger partial charge on any atom is -0.363 e. The third-order valence-electron chi connectivity index (χ3n) is 3.54. The zero-order valence-electron chi connectivity index (χ0n) is 10.0. The van der Waals surface area contributed by atoms with Crippen LogP contribution in [0.4, 0.5) is 5.82 Å². The average molecular weight is 227 g/mol. The van der Waals surface area contributed by atoms with E-state index in [1.165, 1.54) is 10.9 Å². The maximum absolute atomic E-state index is 5.79. The molecule has 0 aliphatic heterocycles. The summed E-state index contributed by atoms with van der Waals surface area (Å²) in [6, 6.07) is 10.4. The summed E-state index contributed by atoms with van der Waals surface area (Å²) >= 11 is 0.